The second kappa shape index (κ2) is 6.54. The van der Waals surface area contributed by atoms with E-state index in [1.54, 1.807) is 0 Å². The van der Waals surface area contributed by atoms with Crippen LogP contribution in [-0.4, -0.2) is 26.3 Å². The van der Waals surface area contributed by atoms with Gasteiger partial charge in [0.1, 0.15) is 4.21 Å². The van der Waals surface area contributed by atoms with Crippen LogP contribution in [0.15, 0.2) is 39.9 Å². The molecule has 0 aliphatic carbocycles. The van der Waals surface area contributed by atoms with Gasteiger partial charge < -0.3 is 4.90 Å². The molecule has 10 heteroatoms. The summed E-state index contributed by atoms with van der Waals surface area (Å²) in [6.45, 7) is 0.0809. The maximum absolute atomic E-state index is 12.5. The van der Waals surface area contributed by atoms with Crippen molar-refractivity contribution in [3.05, 3.63) is 52.4 Å². The van der Waals surface area contributed by atoms with Crippen molar-refractivity contribution in [2.45, 2.75) is 16.9 Å². The number of nitrogens with two attached hydrogens (primary N) is 1. The smallest absolute Gasteiger partial charge is 0.337 e. The van der Waals surface area contributed by atoms with E-state index in [0.29, 0.717) is 5.56 Å². The van der Waals surface area contributed by atoms with E-state index in [9.17, 15) is 26.4 Å². The Bertz CT molecular complexity index is 843. The lowest BCUT2D eigenvalue weighted by molar-refractivity contribution is -0.137. The maximum atomic E-state index is 12.5. The van der Waals surface area contributed by atoms with Crippen molar-refractivity contribution in [2.24, 2.45) is 5.14 Å². The van der Waals surface area contributed by atoms with E-state index in [0.717, 1.165) is 23.5 Å². The second-order valence-electron chi connectivity index (χ2n) is 5.06. The van der Waals surface area contributed by atoms with Gasteiger partial charge in [-0.3, -0.25) is 4.79 Å². The SMILES string of the molecule is CN(Cc1ccc(C(F)(F)F)cc1)C(=O)c1csc(S(N)(=O)=O)c1. The first-order valence-electron chi connectivity index (χ1n) is 6.51. The number of nitrogens with zero attached hydrogens (tertiary/aromatic N) is 1. The molecule has 1 amide bonds. The van der Waals surface area contributed by atoms with Gasteiger partial charge in [-0.25, -0.2) is 13.6 Å². The first kappa shape index (κ1) is 18.4. The Morgan fingerprint density at radius 2 is 1.83 bits per heavy atom. The zero-order valence-electron chi connectivity index (χ0n) is 12.4. The van der Waals surface area contributed by atoms with Crippen molar-refractivity contribution in [3.63, 3.8) is 0 Å². The minimum absolute atomic E-state index is 0.0809. The molecule has 130 valence electrons. The van der Waals surface area contributed by atoms with E-state index >= 15 is 0 Å². The molecule has 0 aliphatic rings. The average molecular weight is 378 g/mol. The predicted octanol–water partition coefficient (Wildman–Crippen LogP) is 2.69. The topological polar surface area (TPSA) is 80.5 Å². The van der Waals surface area contributed by atoms with Crippen LogP contribution >= 0.6 is 11.3 Å². The highest BCUT2D eigenvalue weighted by atomic mass is 32.2. The summed E-state index contributed by atoms with van der Waals surface area (Å²) in [5, 5.41) is 6.35. The van der Waals surface area contributed by atoms with Crippen LogP contribution in [0.25, 0.3) is 0 Å². The molecule has 0 bridgehead atoms. The molecule has 0 spiro atoms. The summed E-state index contributed by atoms with van der Waals surface area (Å²) in [7, 11) is -2.41. The number of amides is 1. The quantitative estimate of drug-likeness (QED) is 0.888. The highest BCUT2D eigenvalue weighted by Gasteiger charge is 2.30. The summed E-state index contributed by atoms with van der Waals surface area (Å²) in [5.41, 5.74) is -0.102. The monoisotopic (exact) mass is 378 g/mol. The fraction of sp³-hybridized carbons (Fsp3) is 0.214. The van der Waals surface area contributed by atoms with Crippen LogP contribution in [0.4, 0.5) is 13.2 Å². The number of thiophene rings is 1. The summed E-state index contributed by atoms with van der Waals surface area (Å²) in [6, 6.07) is 5.63. The van der Waals surface area contributed by atoms with Gasteiger partial charge in [0.2, 0.25) is 10.0 Å². The van der Waals surface area contributed by atoms with E-state index in [-0.39, 0.29) is 16.3 Å². The number of primary sulfonamides is 1. The standard InChI is InChI=1S/C14H13F3N2O3S2/c1-19(7-9-2-4-11(5-3-9)14(15,16)17)13(20)10-6-12(23-8-10)24(18,21)22/h2-6,8H,7H2,1H3,(H2,18,21,22). The number of hydrogen-bond acceptors (Lipinski definition) is 4. The molecule has 5 nitrogen and oxygen atoms in total. The molecule has 24 heavy (non-hydrogen) atoms. The van der Waals surface area contributed by atoms with Gasteiger partial charge in [0, 0.05) is 19.0 Å². The molecule has 2 N–H and O–H groups in total. The van der Waals surface area contributed by atoms with E-state index in [4.69, 9.17) is 5.14 Å². The van der Waals surface area contributed by atoms with Crippen LogP contribution in [0, 0.1) is 0 Å². The fourth-order valence-corrected chi connectivity index (χ4v) is 3.52. The molecule has 0 unspecified atom stereocenters. The Morgan fingerprint density at radius 3 is 2.29 bits per heavy atom. The molecule has 1 aromatic carbocycles. The van der Waals surface area contributed by atoms with E-state index in [1.807, 2.05) is 0 Å². The Labute approximate surface area is 140 Å². The molecule has 2 rings (SSSR count). The summed E-state index contributed by atoms with van der Waals surface area (Å²) in [5.74, 6) is -0.457. The van der Waals surface area contributed by atoms with Crippen LogP contribution in [0.3, 0.4) is 0 Å². The normalized spacial score (nSPS) is 12.2. The van der Waals surface area contributed by atoms with Crippen molar-refractivity contribution in [1.29, 1.82) is 0 Å². The number of rotatable bonds is 4. The van der Waals surface area contributed by atoms with Gasteiger partial charge in [-0.1, -0.05) is 12.1 Å². The summed E-state index contributed by atoms with van der Waals surface area (Å²) in [4.78, 5) is 13.5. The lowest BCUT2D eigenvalue weighted by Gasteiger charge is -2.17. The molecule has 0 saturated heterocycles. The number of hydrogen-bond donors (Lipinski definition) is 1. The van der Waals surface area contributed by atoms with Crippen LogP contribution in [0.5, 0.6) is 0 Å². The largest absolute Gasteiger partial charge is 0.416 e. The lowest BCUT2D eigenvalue weighted by Crippen LogP contribution is -2.25. The molecular formula is C14H13F3N2O3S2. The van der Waals surface area contributed by atoms with Gasteiger partial charge in [0.15, 0.2) is 0 Å². The average Bonchev–Trinajstić information content (AvgIpc) is 2.95. The van der Waals surface area contributed by atoms with Crippen molar-refractivity contribution in [2.75, 3.05) is 7.05 Å². The first-order valence-corrected chi connectivity index (χ1v) is 8.94. The summed E-state index contributed by atoms with van der Waals surface area (Å²) >= 11 is 0.828. The van der Waals surface area contributed by atoms with Gasteiger partial charge in [-0.2, -0.15) is 13.2 Å². The van der Waals surface area contributed by atoms with Gasteiger partial charge in [0.05, 0.1) is 11.1 Å². The minimum atomic E-state index is -4.42. The van der Waals surface area contributed by atoms with Gasteiger partial charge in [-0.15, -0.1) is 11.3 Å². The molecule has 0 fully saturated rings. The fourth-order valence-electron chi connectivity index (χ4n) is 1.94. The Morgan fingerprint density at radius 1 is 1.25 bits per heavy atom. The van der Waals surface area contributed by atoms with Crippen LogP contribution in [0.2, 0.25) is 0 Å². The number of halogens is 3. The number of alkyl halides is 3. The zero-order chi connectivity index (χ0) is 18.1. The second-order valence-corrected chi connectivity index (χ2v) is 7.75. The summed E-state index contributed by atoms with van der Waals surface area (Å²) < 4.78 is 59.8. The lowest BCUT2D eigenvalue weighted by atomic mass is 10.1. The first-order chi connectivity index (χ1) is 11.0. The zero-order valence-corrected chi connectivity index (χ0v) is 14.0. The Hall–Kier alpha value is -1.91. The highest BCUT2D eigenvalue weighted by Crippen LogP contribution is 2.29. The van der Waals surface area contributed by atoms with E-state index < -0.39 is 27.7 Å². The van der Waals surface area contributed by atoms with Crippen LogP contribution in [0.1, 0.15) is 21.5 Å². The summed E-state index contributed by atoms with van der Waals surface area (Å²) in [6.07, 6.45) is -4.42. The van der Waals surface area contributed by atoms with Crippen molar-refractivity contribution in [1.82, 2.24) is 4.90 Å². The predicted molar refractivity (Wildman–Crippen MR) is 82.9 cm³/mol. The number of benzene rings is 1. The van der Waals surface area contributed by atoms with Gasteiger partial charge >= 0.3 is 6.18 Å². The van der Waals surface area contributed by atoms with Crippen molar-refractivity contribution < 1.29 is 26.4 Å². The van der Waals surface area contributed by atoms with Gasteiger partial charge in [0.25, 0.3) is 5.91 Å². The molecule has 2 aromatic rings. The molecule has 0 saturated carbocycles. The molecule has 0 atom stereocenters. The third kappa shape index (κ3) is 4.34. The number of sulfonamides is 1. The third-order valence-electron chi connectivity index (χ3n) is 3.15. The molecule has 1 aromatic heterocycles. The van der Waals surface area contributed by atoms with Crippen molar-refractivity contribution >= 4 is 27.3 Å². The number of carbonyl (C=O) groups is 1. The molecule has 1 heterocycles. The molecule has 0 aliphatic heterocycles. The number of carbonyl (C=O) groups excluding carboxylic acids is 1. The molecular weight excluding hydrogens is 365 g/mol. The third-order valence-corrected chi connectivity index (χ3v) is 5.54. The molecule has 0 radical (unpaired) electrons. The van der Waals surface area contributed by atoms with E-state index in [2.05, 4.69) is 0 Å². The minimum Gasteiger partial charge on any atom is -0.337 e. The van der Waals surface area contributed by atoms with Crippen molar-refractivity contribution in [3.8, 4) is 0 Å². The Kier molecular flexibility index (Phi) is 5.02. The van der Waals surface area contributed by atoms with E-state index in [1.165, 1.54) is 35.5 Å². The highest BCUT2D eigenvalue weighted by molar-refractivity contribution is 7.91. The van der Waals surface area contributed by atoms with Crippen LogP contribution < -0.4 is 5.14 Å². The van der Waals surface area contributed by atoms with Crippen LogP contribution in [-0.2, 0) is 22.7 Å². The maximum Gasteiger partial charge on any atom is 0.416 e. The van der Waals surface area contributed by atoms with Gasteiger partial charge in [-0.05, 0) is 23.8 Å². The Balaban J connectivity index is 2.10.